The Labute approximate surface area is 108 Å². The van der Waals surface area contributed by atoms with Crippen molar-refractivity contribution < 1.29 is 9.15 Å². The third kappa shape index (κ3) is 2.92. The van der Waals surface area contributed by atoms with Crippen LogP contribution >= 0.6 is 0 Å². The molecular weight excluding hydrogens is 226 g/mol. The molecule has 3 heteroatoms. The van der Waals surface area contributed by atoms with Gasteiger partial charge in [-0.25, -0.2) is 4.98 Å². The normalized spacial score (nSPS) is 10.6. The SMILES string of the molecule is CCCCOc1ccc(-c2nc(C)c(C)o2)cc1. The number of oxazole rings is 1. The first-order valence-electron chi connectivity index (χ1n) is 6.38. The highest BCUT2D eigenvalue weighted by Crippen LogP contribution is 2.23. The maximum atomic E-state index is 5.62. The van der Waals surface area contributed by atoms with Crippen LogP contribution in [0.25, 0.3) is 11.5 Å². The van der Waals surface area contributed by atoms with Crippen molar-refractivity contribution in [2.45, 2.75) is 33.6 Å². The van der Waals surface area contributed by atoms with Crippen LogP contribution in [-0.4, -0.2) is 11.6 Å². The summed E-state index contributed by atoms with van der Waals surface area (Å²) in [5.74, 6) is 2.44. The van der Waals surface area contributed by atoms with Gasteiger partial charge in [0.05, 0.1) is 12.3 Å². The summed E-state index contributed by atoms with van der Waals surface area (Å²) in [6.07, 6.45) is 2.23. The van der Waals surface area contributed by atoms with Crippen molar-refractivity contribution in [3.05, 3.63) is 35.7 Å². The minimum absolute atomic E-state index is 0.671. The second-order valence-corrected chi connectivity index (χ2v) is 4.39. The van der Waals surface area contributed by atoms with Crippen LogP contribution in [0.15, 0.2) is 28.7 Å². The van der Waals surface area contributed by atoms with Gasteiger partial charge in [0.1, 0.15) is 11.5 Å². The molecule has 3 nitrogen and oxygen atoms in total. The maximum Gasteiger partial charge on any atom is 0.226 e. The lowest BCUT2D eigenvalue weighted by atomic mass is 10.2. The minimum Gasteiger partial charge on any atom is -0.494 e. The molecule has 0 amide bonds. The quantitative estimate of drug-likeness (QED) is 0.743. The van der Waals surface area contributed by atoms with E-state index in [1.165, 1.54) is 0 Å². The molecule has 0 unspecified atom stereocenters. The first kappa shape index (κ1) is 12.7. The number of ether oxygens (including phenoxy) is 1. The number of hydrogen-bond donors (Lipinski definition) is 0. The maximum absolute atomic E-state index is 5.62. The molecule has 0 atom stereocenters. The number of hydrogen-bond acceptors (Lipinski definition) is 3. The van der Waals surface area contributed by atoms with Gasteiger partial charge in [0.15, 0.2) is 0 Å². The average Bonchev–Trinajstić information content (AvgIpc) is 2.71. The summed E-state index contributed by atoms with van der Waals surface area (Å²) in [5, 5.41) is 0. The number of aryl methyl sites for hydroxylation is 2. The molecule has 1 aromatic carbocycles. The smallest absolute Gasteiger partial charge is 0.226 e. The Bertz CT molecular complexity index is 480. The van der Waals surface area contributed by atoms with Gasteiger partial charge in [-0.2, -0.15) is 0 Å². The molecule has 0 radical (unpaired) electrons. The molecule has 0 bridgehead atoms. The number of unbranched alkanes of at least 4 members (excludes halogenated alkanes) is 1. The minimum atomic E-state index is 0.671. The Morgan fingerprint density at radius 3 is 2.44 bits per heavy atom. The predicted molar refractivity (Wildman–Crippen MR) is 71.8 cm³/mol. The van der Waals surface area contributed by atoms with Crippen LogP contribution in [0.2, 0.25) is 0 Å². The Kier molecular flexibility index (Phi) is 4.03. The van der Waals surface area contributed by atoms with Gasteiger partial charge >= 0.3 is 0 Å². The summed E-state index contributed by atoms with van der Waals surface area (Å²) in [6.45, 7) is 6.80. The third-order valence-electron chi connectivity index (χ3n) is 2.90. The van der Waals surface area contributed by atoms with E-state index >= 15 is 0 Å². The fourth-order valence-electron chi connectivity index (χ4n) is 1.62. The summed E-state index contributed by atoms with van der Waals surface area (Å²) >= 11 is 0. The van der Waals surface area contributed by atoms with Crippen LogP contribution < -0.4 is 4.74 Å². The van der Waals surface area contributed by atoms with E-state index in [0.29, 0.717) is 5.89 Å². The summed E-state index contributed by atoms with van der Waals surface area (Å²) < 4.78 is 11.2. The van der Waals surface area contributed by atoms with Gasteiger partial charge in [-0.05, 0) is 44.5 Å². The van der Waals surface area contributed by atoms with Crippen LogP contribution in [0.4, 0.5) is 0 Å². The standard InChI is InChI=1S/C15H19NO2/c1-4-5-10-17-14-8-6-13(7-9-14)15-16-11(2)12(3)18-15/h6-9H,4-5,10H2,1-3H3. The van der Waals surface area contributed by atoms with Crippen LogP contribution in [-0.2, 0) is 0 Å². The molecule has 0 spiro atoms. The largest absolute Gasteiger partial charge is 0.494 e. The Hall–Kier alpha value is -1.77. The van der Waals surface area contributed by atoms with Crippen molar-refractivity contribution in [3.8, 4) is 17.2 Å². The zero-order chi connectivity index (χ0) is 13.0. The van der Waals surface area contributed by atoms with Crippen molar-refractivity contribution >= 4 is 0 Å². The number of rotatable bonds is 5. The molecule has 0 N–H and O–H groups in total. The van der Waals surface area contributed by atoms with Gasteiger partial charge in [-0.15, -0.1) is 0 Å². The Balaban J connectivity index is 2.07. The molecule has 96 valence electrons. The summed E-state index contributed by atoms with van der Waals surface area (Å²) in [5.41, 5.74) is 1.92. The van der Waals surface area contributed by atoms with Crippen molar-refractivity contribution in [1.29, 1.82) is 0 Å². The lowest BCUT2D eigenvalue weighted by Gasteiger charge is -2.05. The van der Waals surface area contributed by atoms with Gasteiger partial charge < -0.3 is 9.15 Å². The lowest BCUT2D eigenvalue weighted by Crippen LogP contribution is -1.95. The highest BCUT2D eigenvalue weighted by molar-refractivity contribution is 5.55. The average molecular weight is 245 g/mol. The number of benzene rings is 1. The van der Waals surface area contributed by atoms with Crippen LogP contribution in [0.5, 0.6) is 5.75 Å². The van der Waals surface area contributed by atoms with Crippen molar-refractivity contribution in [2.75, 3.05) is 6.61 Å². The zero-order valence-electron chi connectivity index (χ0n) is 11.2. The highest BCUT2D eigenvalue weighted by Gasteiger charge is 2.07. The summed E-state index contributed by atoms with van der Waals surface area (Å²) in [4.78, 5) is 4.38. The molecule has 0 aliphatic carbocycles. The van der Waals surface area contributed by atoms with E-state index in [-0.39, 0.29) is 0 Å². The Morgan fingerprint density at radius 2 is 1.89 bits per heavy atom. The molecule has 0 fully saturated rings. The zero-order valence-corrected chi connectivity index (χ0v) is 11.2. The predicted octanol–water partition coefficient (Wildman–Crippen LogP) is 4.14. The highest BCUT2D eigenvalue weighted by atomic mass is 16.5. The van der Waals surface area contributed by atoms with Gasteiger partial charge in [0, 0.05) is 5.56 Å². The van der Waals surface area contributed by atoms with E-state index in [4.69, 9.17) is 9.15 Å². The van der Waals surface area contributed by atoms with E-state index in [2.05, 4.69) is 11.9 Å². The van der Waals surface area contributed by atoms with E-state index < -0.39 is 0 Å². The van der Waals surface area contributed by atoms with Gasteiger partial charge in [-0.3, -0.25) is 0 Å². The van der Waals surface area contributed by atoms with Crippen molar-refractivity contribution in [3.63, 3.8) is 0 Å². The van der Waals surface area contributed by atoms with Gasteiger partial charge in [0.25, 0.3) is 0 Å². The van der Waals surface area contributed by atoms with Gasteiger partial charge in [0.2, 0.25) is 5.89 Å². The van der Waals surface area contributed by atoms with Gasteiger partial charge in [-0.1, -0.05) is 13.3 Å². The molecule has 0 aliphatic rings. The molecule has 2 rings (SSSR count). The third-order valence-corrected chi connectivity index (χ3v) is 2.90. The van der Waals surface area contributed by atoms with Crippen molar-refractivity contribution in [2.24, 2.45) is 0 Å². The second-order valence-electron chi connectivity index (χ2n) is 4.39. The molecule has 1 aromatic heterocycles. The van der Waals surface area contributed by atoms with E-state index in [1.54, 1.807) is 0 Å². The molecule has 18 heavy (non-hydrogen) atoms. The van der Waals surface area contributed by atoms with E-state index in [1.807, 2.05) is 38.1 Å². The summed E-state index contributed by atoms with van der Waals surface area (Å²) in [7, 11) is 0. The molecule has 2 aromatic rings. The topological polar surface area (TPSA) is 35.3 Å². The number of nitrogens with zero attached hydrogens (tertiary/aromatic N) is 1. The monoisotopic (exact) mass is 245 g/mol. The van der Waals surface area contributed by atoms with Crippen LogP contribution in [0.1, 0.15) is 31.2 Å². The molecule has 0 saturated carbocycles. The first-order chi connectivity index (χ1) is 8.70. The molecular formula is C15H19NO2. The fourth-order valence-corrected chi connectivity index (χ4v) is 1.62. The summed E-state index contributed by atoms with van der Waals surface area (Å²) in [6, 6.07) is 7.87. The van der Waals surface area contributed by atoms with Crippen LogP contribution in [0, 0.1) is 13.8 Å². The van der Waals surface area contributed by atoms with Crippen LogP contribution in [0.3, 0.4) is 0 Å². The van der Waals surface area contributed by atoms with E-state index in [0.717, 1.165) is 42.2 Å². The fraction of sp³-hybridized carbons (Fsp3) is 0.400. The second kappa shape index (κ2) is 5.71. The Morgan fingerprint density at radius 1 is 1.17 bits per heavy atom. The molecule has 1 heterocycles. The molecule has 0 aliphatic heterocycles. The van der Waals surface area contributed by atoms with Crippen molar-refractivity contribution in [1.82, 2.24) is 4.98 Å². The number of aromatic nitrogens is 1. The molecule has 0 saturated heterocycles. The lowest BCUT2D eigenvalue weighted by molar-refractivity contribution is 0.309. The first-order valence-corrected chi connectivity index (χ1v) is 6.38. The van der Waals surface area contributed by atoms with E-state index in [9.17, 15) is 0 Å².